The summed E-state index contributed by atoms with van der Waals surface area (Å²) in [4.78, 5) is 0. The predicted octanol–water partition coefficient (Wildman–Crippen LogP) is 3.58. The first-order valence-electron chi connectivity index (χ1n) is 3.19. The second-order valence-corrected chi connectivity index (χ2v) is 8.31. The molecule has 0 aliphatic heterocycles. The van der Waals surface area contributed by atoms with Crippen LogP contribution in [0.4, 0.5) is 22.0 Å². The van der Waals surface area contributed by atoms with Gasteiger partial charge >= 0.3 is 6.18 Å². The Morgan fingerprint density at radius 2 is 1.33 bits per heavy atom. The summed E-state index contributed by atoms with van der Waals surface area (Å²) in [6, 6.07) is 0. The van der Waals surface area contributed by atoms with E-state index in [9.17, 15) is 22.0 Å². The van der Waals surface area contributed by atoms with Crippen molar-refractivity contribution in [2.45, 2.75) is 25.8 Å². The van der Waals surface area contributed by atoms with Gasteiger partial charge in [0.25, 0.3) is 0 Å². The fraction of sp³-hybridized carbons (Fsp3) is 0.667. The Kier molecular flexibility index (Phi) is 3.05. The number of halogens is 5. The van der Waals surface area contributed by atoms with Crippen LogP contribution in [0.3, 0.4) is 0 Å². The highest BCUT2D eigenvalue weighted by atomic mass is 28.3. The largest absolute Gasteiger partial charge is 0.445 e. The number of allylic oxidation sites excluding steroid dienone is 1. The van der Waals surface area contributed by atoms with Crippen LogP contribution in [0.25, 0.3) is 0 Å². The molecule has 0 spiro atoms. The number of alkyl halides is 3. The van der Waals surface area contributed by atoms with Crippen LogP contribution in [-0.4, -0.2) is 14.3 Å². The molecular formula is C6H9F5Si. The standard InChI is InChI=1S/C6H9F5Si/c1-12(2,3)5(8)4(7)6(9,10)11/h1-3H3/b5-4-. The molecule has 0 unspecified atom stereocenters. The lowest BCUT2D eigenvalue weighted by Gasteiger charge is -2.14. The Morgan fingerprint density at radius 1 is 1.00 bits per heavy atom. The first-order valence-corrected chi connectivity index (χ1v) is 6.69. The van der Waals surface area contributed by atoms with E-state index in [2.05, 4.69) is 0 Å². The molecule has 12 heavy (non-hydrogen) atoms. The molecule has 0 fully saturated rings. The van der Waals surface area contributed by atoms with Crippen LogP contribution < -0.4 is 0 Å². The summed E-state index contributed by atoms with van der Waals surface area (Å²) in [6.07, 6.45) is -5.19. The van der Waals surface area contributed by atoms with Crippen molar-refractivity contribution in [1.82, 2.24) is 0 Å². The zero-order valence-corrected chi connectivity index (χ0v) is 7.89. The number of rotatable bonds is 1. The molecule has 0 aromatic carbocycles. The quantitative estimate of drug-likeness (QED) is 0.452. The van der Waals surface area contributed by atoms with Gasteiger partial charge in [-0.1, -0.05) is 19.6 Å². The van der Waals surface area contributed by atoms with Gasteiger partial charge in [-0.25, -0.2) is 4.39 Å². The van der Waals surface area contributed by atoms with Gasteiger partial charge in [0.2, 0.25) is 5.83 Å². The third-order valence-corrected chi connectivity index (χ3v) is 2.64. The lowest BCUT2D eigenvalue weighted by molar-refractivity contribution is -0.110. The Morgan fingerprint density at radius 3 is 1.42 bits per heavy atom. The van der Waals surface area contributed by atoms with Gasteiger partial charge in [-0.3, -0.25) is 0 Å². The van der Waals surface area contributed by atoms with Crippen molar-refractivity contribution < 1.29 is 22.0 Å². The van der Waals surface area contributed by atoms with Gasteiger partial charge in [0.05, 0.1) is 0 Å². The van der Waals surface area contributed by atoms with Crippen molar-refractivity contribution >= 4 is 8.07 Å². The van der Waals surface area contributed by atoms with Crippen LogP contribution in [0.1, 0.15) is 0 Å². The zero-order valence-electron chi connectivity index (χ0n) is 6.89. The smallest absolute Gasteiger partial charge is 0.214 e. The summed E-state index contributed by atoms with van der Waals surface area (Å²) < 4.78 is 59.6. The topological polar surface area (TPSA) is 0 Å². The third kappa shape index (κ3) is 2.92. The third-order valence-electron chi connectivity index (χ3n) is 1.10. The average molecular weight is 204 g/mol. The van der Waals surface area contributed by atoms with Crippen LogP contribution in [0.2, 0.25) is 19.6 Å². The molecule has 0 bridgehead atoms. The summed E-state index contributed by atoms with van der Waals surface area (Å²) in [5, 5.41) is 0. The fourth-order valence-electron chi connectivity index (χ4n) is 0.454. The van der Waals surface area contributed by atoms with E-state index in [-0.39, 0.29) is 0 Å². The normalized spacial score (nSPS) is 16.0. The highest BCUT2D eigenvalue weighted by molar-refractivity contribution is 6.82. The van der Waals surface area contributed by atoms with E-state index >= 15 is 0 Å². The lowest BCUT2D eigenvalue weighted by Crippen LogP contribution is -2.25. The molecule has 0 aliphatic carbocycles. The zero-order chi connectivity index (χ0) is 10.2. The fourth-order valence-corrected chi connectivity index (χ4v) is 1.25. The summed E-state index contributed by atoms with van der Waals surface area (Å²) in [7, 11) is -2.82. The van der Waals surface area contributed by atoms with E-state index < -0.39 is 25.5 Å². The summed E-state index contributed by atoms with van der Waals surface area (Å²) in [5.41, 5.74) is -1.63. The molecule has 0 saturated carbocycles. The second kappa shape index (κ2) is 3.16. The number of hydrogen-bond acceptors (Lipinski definition) is 0. The van der Waals surface area contributed by atoms with E-state index in [1.54, 1.807) is 0 Å². The van der Waals surface area contributed by atoms with Gasteiger partial charge in [-0.05, 0) is 0 Å². The van der Waals surface area contributed by atoms with Crippen LogP contribution >= 0.6 is 0 Å². The van der Waals surface area contributed by atoms with E-state index in [0.717, 1.165) is 0 Å². The Hall–Kier alpha value is -0.393. The minimum absolute atomic E-state index is 1.30. The first kappa shape index (κ1) is 11.6. The van der Waals surface area contributed by atoms with Crippen LogP contribution in [-0.2, 0) is 0 Å². The maximum atomic E-state index is 12.6. The first-order chi connectivity index (χ1) is 5.07. The molecule has 0 aliphatic rings. The Balaban J connectivity index is 4.96. The molecule has 6 heteroatoms. The molecule has 72 valence electrons. The molecular weight excluding hydrogens is 195 g/mol. The molecule has 0 amide bonds. The Bertz CT molecular complexity index is 175. The monoisotopic (exact) mass is 204 g/mol. The molecule has 0 saturated heterocycles. The predicted molar refractivity (Wildman–Crippen MR) is 38.6 cm³/mol. The maximum absolute atomic E-state index is 12.6. The number of hydrogen-bond donors (Lipinski definition) is 0. The summed E-state index contributed by atoms with van der Waals surface area (Å²) in [5.74, 6) is -2.58. The van der Waals surface area contributed by atoms with Gasteiger partial charge in [0.15, 0.2) is 0 Å². The molecule has 0 nitrogen and oxygen atoms in total. The highest BCUT2D eigenvalue weighted by Crippen LogP contribution is 2.33. The van der Waals surface area contributed by atoms with E-state index in [1.807, 2.05) is 0 Å². The van der Waals surface area contributed by atoms with E-state index in [4.69, 9.17) is 0 Å². The van der Waals surface area contributed by atoms with Crippen LogP contribution in [0.5, 0.6) is 0 Å². The van der Waals surface area contributed by atoms with Gasteiger partial charge in [-0.15, -0.1) is 0 Å². The molecule has 0 radical (unpaired) electrons. The van der Waals surface area contributed by atoms with Crippen molar-refractivity contribution in [1.29, 1.82) is 0 Å². The summed E-state index contributed by atoms with van der Waals surface area (Å²) in [6.45, 7) is 3.90. The molecule has 0 N–H and O–H groups in total. The SMILES string of the molecule is C[Si](C)(C)/C(F)=C(\F)C(F)(F)F. The molecule has 0 heterocycles. The Labute approximate surface area is 68.1 Å². The minimum Gasteiger partial charge on any atom is -0.214 e. The van der Waals surface area contributed by atoms with Crippen LogP contribution in [0, 0.1) is 0 Å². The summed E-state index contributed by atoms with van der Waals surface area (Å²) >= 11 is 0. The van der Waals surface area contributed by atoms with Crippen LogP contribution in [0.15, 0.2) is 11.3 Å². The molecule has 0 atom stereocenters. The highest BCUT2D eigenvalue weighted by Gasteiger charge is 2.41. The van der Waals surface area contributed by atoms with Gasteiger partial charge in [-0.2, -0.15) is 17.6 Å². The van der Waals surface area contributed by atoms with Gasteiger partial charge in [0.1, 0.15) is 13.5 Å². The van der Waals surface area contributed by atoms with Crippen molar-refractivity contribution in [3.8, 4) is 0 Å². The van der Waals surface area contributed by atoms with Crippen molar-refractivity contribution in [2.24, 2.45) is 0 Å². The average Bonchev–Trinajstić information content (AvgIpc) is 1.80. The molecule has 0 aromatic rings. The molecule has 0 rings (SSSR count). The second-order valence-electron chi connectivity index (χ2n) is 3.38. The van der Waals surface area contributed by atoms with E-state index in [1.165, 1.54) is 19.6 Å². The van der Waals surface area contributed by atoms with Gasteiger partial charge in [0, 0.05) is 0 Å². The maximum Gasteiger partial charge on any atom is 0.445 e. The van der Waals surface area contributed by atoms with Crippen molar-refractivity contribution in [3.63, 3.8) is 0 Å². The molecule has 0 aromatic heterocycles. The minimum atomic E-state index is -5.19. The van der Waals surface area contributed by atoms with E-state index in [0.29, 0.717) is 0 Å². The van der Waals surface area contributed by atoms with Crippen molar-refractivity contribution in [2.75, 3.05) is 0 Å². The van der Waals surface area contributed by atoms with Gasteiger partial charge < -0.3 is 0 Å². The van der Waals surface area contributed by atoms with Crippen molar-refractivity contribution in [3.05, 3.63) is 11.3 Å². The lowest BCUT2D eigenvalue weighted by atomic mass is 10.6.